The zero-order valence-electron chi connectivity index (χ0n) is 18.7. The minimum Gasteiger partial charge on any atom is -0.467 e. The number of ether oxygens (including phenoxy) is 2. The third kappa shape index (κ3) is 6.10. The van der Waals surface area contributed by atoms with E-state index >= 15 is 0 Å². The summed E-state index contributed by atoms with van der Waals surface area (Å²) in [5.41, 5.74) is 2.71. The number of rotatable bonds is 7. The molecule has 33 heavy (non-hydrogen) atoms. The number of nitriles is 1. The number of hydrogen-bond acceptors (Lipinski definition) is 6. The Kier molecular flexibility index (Phi) is 8.03. The van der Waals surface area contributed by atoms with Gasteiger partial charge in [-0.1, -0.05) is 54.6 Å². The van der Waals surface area contributed by atoms with E-state index in [1.54, 1.807) is 6.92 Å². The Morgan fingerprint density at radius 3 is 2.45 bits per heavy atom. The number of nitrogens with zero attached hydrogens (tertiary/aromatic N) is 2. The maximum atomic E-state index is 13.2. The van der Waals surface area contributed by atoms with E-state index < -0.39 is 36.0 Å². The first-order chi connectivity index (χ1) is 15.9. The summed E-state index contributed by atoms with van der Waals surface area (Å²) < 4.78 is 10.3. The lowest BCUT2D eigenvalue weighted by molar-refractivity contribution is -0.146. The van der Waals surface area contributed by atoms with Crippen LogP contribution in [0, 0.1) is 17.2 Å². The molecule has 0 saturated carbocycles. The van der Waals surface area contributed by atoms with Gasteiger partial charge in [0.1, 0.15) is 18.7 Å². The van der Waals surface area contributed by atoms with Crippen molar-refractivity contribution in [2.75, 3.05) is 7.11 Å². The number of hydrogen-bond donors (Lipinski definition) is 1. The number of esters is 1. The number of methoxy groups -OCH3 is 1. The number of amides is 2. The van der Waals surface area contributed by atoms with Crippen LogP contribution in [0.3, 0.4) is 0 Å². The molecule has 0 unspecified atom stereocenters. The first kappa shape index (κ1) is 23.8. The molecule has 1 aliphatic rings. The smallest absolute Gasteiger partial charge is 0.411 e. The highest BCUT2D eigenvalue weighted by Gasteiger charge is 2.37. The Bertz CT molecular complexity index is 1030. The number of benzene rings is 2. The summed E-state index contributed by atoms with van der Waals surface area (Å²) in [4.78, 5) is 39.8. The first-order valence-electron chi connectivity index (χ1n) is 10.7. The molecule has 1 heterocycles. The minimum absolute atomic E-state index is 0.0800. The van der Waals surface area contributed by atoms with Crippen molar-refractivity contribution in [2.24, 2.45) is 5.92 Å². The van der Waals surface area contributed by atoms with Gasteiger partial charge in [-0.2, -0.15) is 5.26 Å². The van der Waals surface area contributed by atoms with Crippen LogP contribution >= 0.6 is 0 Å². The number of fused-ring (bicyclic) bond motifs is 1. The molecule has 172 valence electrons. The third-order valence-corrected chi connectivity index (χ3v) is 5.60. The highest BCUT2D eigenvalue weighted by atomic mass is 16.6. The number of carbonyl (C=O) groups is 3. The maximum Gasteiger partial charge on any atom is 0.411 e. The van der Waals surface area contributed by atoms with Crippen LogP contribution in [-0.2, 0) is 38.6 Å². The van der Waals surface area contributed by atoms with Gasteiger partial charge in [0.25, 0.3) is 0 Å². The molecule has 2 amide bonds. The molecule has 0 aromatic heterocycles. The summed E-state index contributed by atoms with van der Waals surface area (Å²) in [7, 11) is 1.22. The van der Waals surface area contributed by atoms with E-state index in [0.29, 0.717) is 0 Å². The lowest BCUT2D eigenvalue weighted by Gasteiger charge is -2.35. The summed E-state index contributed by atoms with van der Waals surface area (Å²) in [5.74, 6) is -1.60. The molecule has 0 fully saturated rings. The van der Waals surface area contributed by atoms with Crippen molar-refractivity contribution >= 4 is 18.0 Å². The number of carbonyl (C=O) groups excluding carboxylic acids is 3. The largest absolute Gasteiger partial charge is 0.467 e. The summed E-state index contributed by atoms with van der Waals surface area (Å²) in [6.45, 7) is 1.95. The van der Waals surface area contributed by atoms with E-state index in [9.17, 15) is 14.4 Å². The van der Waals surface area contributed by atoms with Crippen LogP contribution in [0.5, 0.6) is 0 Å². The fourth-order valence-electron chi connectivity index (χ4n) is 3.78. The lowest BCUT2D eigenvalue weighted by Crippen LogP contribution is -2.55. The monoisotopic (exact) mass is 449 g/mol. The summed E-state index contributed by atoms with van der Waals surface area (Å²) in [6, 6.07) is 17.1. The van der Waals surface area contributed by atoms with Crippen LogP contribution in [0.15, 0.2) is 54.6 Å². The molecule has 1 aliphatic heterocycles. The predicted molar refractivity (Wildman–Crippen MR) is 119 cm³/mol. The molecule has 3 atom stereocenters. The predicted octanol–water partition coefficient (Wildman–Crippen LogP) is 2.96. The normalized spacial score (nSPS) is 16.5. The van der Waals surface area contributed by atoms with Crippen LogP contribution in [0.2, 0.25) is 0 Å². The fourth-order valence-corrected chi connectivity index (χ4v) is 3.78. The average molecular weight is 450 g/mol. The zero-order chi connectivity index (χ0) is 23.8. The molecule has 0 saturated heterocycles. The van der Waals surface area contributed by atoms with Crippen LogP contribution < -0.4 is 5.32 Å². The molecule has 0 bridgehead atoms. The van der Waals surface area contributed by atoms with E-state index in [0.717, 1.165) is 16.7 Å². The van der Waals surface area contributed by atoms with Gasteiger partial charge in [0.15, 0.2) is 0 Å². The summed E-state index contributed by atoms with van der Waals surface area (Å²) >= 11 is 0. The highest BCUT2D eigenvalue weighted by molar-refractivity contribution is 5.90. The second kappa shape index (κ2) is 11.1. The molecule has 0 radical (unpaired) electrons. The topological polar surface area (TPSA) is 109 Å². The Balaban J connectivity index is 1.79. The standard InChI is InChI=1S/C25H27N3O5/c1-17(14-26)12-21(24(30)32-2)27-23(29)22-13-19-10-6-7-11-20(19)15-28(22)25(31)33-16-18-8-4-3-5-9-18/h3-11,17,21-22H,12-13,15-16H2,1-2H3,(H,27,29)/t17-,21+,22-/m0/s1. The Labute approximate surface area is 193 Å². The van der Waals surface area contributed by atoms with Crippen molar-refractivity contribution in [1.29, 1.82) is 5.26 Å². The van der Waals surface area contributed by atoms with Crippen molar-refractivity contribution in [3.05, 3.63) is 71.3 Å². The molecule has 0 spiro atoms. The van der Waals surface area contributed by atoms with E-state index in [2.05, 4.69) is 11.4 Å². The van der Waals surface area contributed by atoms with Gasteiger partial charge >= 0.3 is 12.1 Å². The highest BCUT2D eigenvalue weighted by Crippen LogP contribution is 2.25. The molecule has 2 aromatic carbocycles. The molecular weight excluding hydrogens is 422 g/mol. The van der Waals surface area contributed by atoms with Crippen molar-refractivity contribution < 1.29 is 23.9 Å². The Morgan fingerprint density at radius 2 is 1.79 bits per heavy atom. The average Bonchev–Trinajstić information content (AvgIpc) is 2.85. The Morgan fingerprint density at radius 1 is 1.12 bits per heavy atom. The van der Waals surface area contributed by atoms with Gasteiger partial charge in [-0.05, 0) is 30.0 Å². The Hall–Kier alpha value is -3.86. The van der Waals surface area contributed by atoms with E-state index in [1.165, 1.54) is 12.0 Å². The van der Waals surface area contributed by atoms with Crippen LogP contribution in [0.1, 0.15) is 30.0 Å². The van der Waals surface area contributed by atoms with Gasteiger partial charge in [-0.25, -0.2) is 9.59 Å². The van der Waals surface area contributed by atoms with Crippen molar-refractivity contribution in [3.8, 4) is 6.07 Å². The first-order valence-corrected chi connectivity index (χ1v) is 10.7. The SMILES string of the molecule is COC(=O)[C@@H](C[C@H](C)C#N)NC(=O)[C@@H]1Cc2ccccc2CN1C(=O)OCc1ccccc1. The van der Waals surface area contributed by atoms with E-state index in [1.807, 2.05) is 54.6 Å². The van der Waals surface area contributed by atoms with E-state index in [4.69, 9.17) is 14.7 Å². The minimum atomic E-state index is -0.989. The number of nitrogens with one attached hydrogen (secondary N) is 1. The van der Waals surface area contributed by atoms with Crippen LogP contribution in [0.4, 0.5) is 4.79 Å². The van der Waals surface area contributed by atoms with Crippen LogP contribution in [0.25, 0.3) is 0 Å². The van der Waals surface area contributed by atoms with Gasteiger partial charge in [0.2, 0.25) is 5.91 Å². The van der Waals surface area contributed by atoms with Crippen molar-refractivity contribution in [2.45, 2.75) is 45.0 Å². The second-order valence-electron chi connectivity index (χ2n) is 8.01. The van der Waals surface area contributed by atoms with E-state index in [-0.39, 0.29) is 26.0 Å². The third-order valence-electron chi connectivity index (χ3n) is 5.60. The van der Waals surface area contributed by atoms with Crippen molar-refractivity contribution in [3.63, 3.8) is 0 Å². The summed E-state index contributed by atoms with van der Waals surface area (Å²) in [6.07, 6.45) is -0.227. The molecule has 3 rings (SSSR count). The zero-order valence-corrected chi connectivity index (χ0v) is 18.7. The van der Waals surface area contributed by atoms with Gasteiger partial charge < -0.3 is 14.8 Å². The fraction of sp³-hybridized carbons (Fsp3) is 0.360. The van der Waals surface area contributed by atoms with Gasteiger partial charge in [0.05, 0.1) is 19.7 Å². The van der Waals surface area contributed by atoms with Crippen molar-refractivity contribution in [1.82, 2.24) is 10.2 Å². The molecule has 8 nitrogen and oxygen atoms in total. The van der Waals surface area contributed by atoms with Crippen LogP contribution in [-0.4, -0.2) is 42.1 Å². The molecular formula is C25H27N3O5. The summed E-state index contributed by atoms with van der Waals surface area (Å²) in [5, 5.41) is 11.8. The van der Waals surface area contributed by atoms with Gasteiger partial charge in [-0.3, -0.25) is 9.69 Å². The molecule has 1 N–H and O–H groups in total. The van der Waals surface area contributed by atoms with Gasteiger partial charge in [0, 0.05) is 12.3 Å². The van der Waals surface area contributed by atoms with Gasteiger partial charge in [-0.15, -0.1) is 0 Å². The lowest BCUT2D eigenvalue weighted by atomic mass is 9.93. The maximum absolute atomic E-state index is 13.2. The molecule has 0 aliphatic carbocycles. The molecule has 8 heteroatoms. The quantitative estimate of drug-likeness (QED) is 0.651. The molecule has 2 aromatic rings. The second-order valence-corrected chi connectivity index (χ2v) is 8.01.